The summed E-state index contributed by atoms with van der Waals surface area (Å²) in [5.41, 5.74) is 19.2. The average Bonchev–Trinajstić information content (AvgIpc) is 3.61. The van der Waals surface area contributed by atoms with Crippen molar-refractivity contribution in [1.29, 1.82) is 0 Å². The normalized spacial score (nSPS) is 14.0. The number of hydrogen-bond acceptors (Lipinski definition) is 3. The van der Waals surface area contributed by atoms with Crippen molar-refractivity contribution in [1.82, 2.24) is 0 Å². The van der Waals surface area contributed by atoms with E-state index in [1.54, 1.807) is 5.56 Å². The topological polar surface area (TPSA) is 9.72 Å². The number of rotatable bonds is 11. The summed E-state index contributed by atoms with van der Waals surface area (Å²) < 4.78 is 0. The average molecular weight is 854 g/mol. The van der Waals surface area contributed by atoms with Crippen LogP contribution in [0.5, 0.6) is 0 Å². The minimum absolute atomic E-state index is 0.171. The molecule has 3 nitrogen and oxygen atoms in total. The zero-order valence-electron chi connectivity index (χ0n) is 37.9. The molecule has 0 bridgehead atoms. The summed E-state index contributed by atoms with van der Waals surface area (Å²) in [7, 11) is 0. The van der Waals surface area contributed by atoms with Gasteiger partial charge in [0, 0.05) is 39.5 Å². The van der Waals surface area contributed by atoms with Crippen LogP contribution in [0.1, 0.15) is 68.6 Å². The number of fused-ring (bicyclic) bond motifs is 3. The number of para-hydroxylation sites is 4. The van der Waals surface area contributed by atoms with E-state index in [2.05, 4.69) is 259 Å². The van der Waals surface area contributed by atoms with E-state index in [1.165, 1.54) is 65.5 Å². The van der Waals surface area contributed by atoms with Crippen molar-refractivity contribution < 1.29 is 0 Å². The van der Waals surface area contributed by atoms with E-state index in [9.17, 15) is 0 Å². The van der Waals surface area contributed by atoms with E-state index in [0.717, 1.165) is 51.2 Å². The summed E-state index contributed by atoms with van der Waals surface area (Å²) >= 11 is 0. The molecule has 0 atom stereocenters. The molecule has 1 fully saturated rings. The molecule has 0 unspecified atom stereocenters. The highest BCUT2D eigenvalue weighted by Gasteiger charge is 2.38. The van der Waals surface area contributed by atoms with E-state index in [1.807, 2.05) is 0 Å². The Morgan fingerprint density at radius 2 is 0.742 bits per heavy atom. The fourth-order valence-corrected chi connectivity index (χ4v) is 10.7. The van der Waals surface area contributed by atoms with Crippen LogP contribution in [0.15, 0.2) is 231 Å². The van der Waals surface area contributed by atoms with Gasteiger partial charge >= 0.3 is 0 Å². The van der Waals surface area contributed by atoms with Gasteiger partial charge in [0.2, 0.25) is 0 Å². The zero-order valence-corrected chi connectivity index (χ0v) is 37.9. The Kier molecular flexibility index (Phi) is 11.1. The fraction of sp³-hybridized carbons (Fsp3) is 0.143. The lowest BCUT2D eigenvalue weighted by molar-refractivity contribution is 0.444. The molecule has 0 aliphatic heterocycles. The molecular weight excluding hydrogens is 799 g/mol. The molecule has 322 valence electrons. The first-order valence-electron chi connectivity index (χ1n) is 23.7. The maximum atomic E-state index is 2.50. The van der Waals surface area contributed by atoms with Crippen LogP contribution < -0.4 is 14.7 Å². The van der Waals surface area contributed by atoms with Crippen molar-refractivity contribution in [3.8, 4) is 22.3 Å². The minimum Gasteiger partial charge on any atom is -0.310 e. The van der Waals surface area contributed by atoms with Gasteiger partial charge in [-0.1, -0.05) is 173 Å². The van der Waals surface area contributed by atoms with E-state index < -0.39 is 0 Å². The molecule has 0 spiro atoms. The van der Waals surface area contributed by atoms with Crippen LogP contribution >= 0.6 is 0 Å². The summed E-state index contributed by atoms with van der Waals surface area (Å²) in [6, 6.07) is 84.3. The predicted octanol–water partition coefficient (Wildman–Crippen LogP) is 18.1. The smallest absolute Gasteiger partial charge is 0.0503 e. The third kappa shape index (κ3) is 7.75. The monoisotopic (exact) mass is 853 g/mol. The molecule has 1 saturated carbocycles. The Morgan fingerprint density at radius 3 is 1.23 bits per heavy atom. The first-order chi connectivity index (χ1) is 32.5. The second-order valence-electron chi connectivity index (χ2n) is 18.4. The molecule has 3 heteroatoms. The molecule has 9 aromatic carbocycles. The summed E-state index contributed by atoms with van der Waals surface area (Å²) in [4.78, 5) is 7.24. The van der Waals surface area contributed by atoms with E-state index >= 15 is 0 Å². The van der Waals surface area contributed by atoms with Crippen LogP contribution in [0.3, 0.4) is 0 Å². The molecule has 9 aromatic rings. The summed E-state index contributed by atoms with van der Waals surface area (Å²) in [6.07, 6.45) is 6.55. The first-order valence-corrected chi connectivity index (χ1v) is 23.7. The van der Waals surface area contributed by atoms with Gasteiger partial charge < -0.3 is 14.7 Å². The fourth-order valence-electron chi connectivity index (χ4n) is 10.7. The van der Waals surface area contributed by atoms with Crippen LogP contribution in [-0.4, -0.2) is 0 Å². The molecule has 66 heavy (non-hydrogen) atoms. The van der Waals surface area contributed by atoms with Gasteiger partial charge in [-0.2, -0.15) is 0 Å². The van der Waals surface area contributed by atoms with Crippen LogP contribution in [0.4, 0.5) is 51.2 Å². The summed E-state index contributed by atoms with van der Waals surface area (Å²) in [6.45, 7) is 4.86. The lowest BCUT2D eigenvalue weighted by atomic mass is 9.78. The van der Waals surface area contributed by atoms with E-state index in [0.29, 0.717) is 5.92 Å². The first kappa shape index (κ1) is 41.1. The van der Waals surface area contributed by atoms with E-state index in [4.69, 9.17) is 0 Å². The van der Waals surface area contributed by atoms with Crippen molar-refractivity contribution in [2.75, 3.05) is 14.7 Å². The van der Waals surface area contributed by atoms with Gasteiger partial charge in [-0.05, 0) is 149 Å². The number of hydrogen-bond donors (Lipinski definition) is 0. The Balaban J connectivity index is 1.16. The molecule has 0 heterocycles. The van der Waals surface area contributed by atoms with Gasteiger partial charge in [0.05, 0.1) is 17.1 Å². The SMILES string of the molecule is CC1(C)c2cc(N(c3ccc(-c4ccccc4)cc3)c3cc(N(c4ccccc4)c4ccccc4)cc(N(c4ccccc4)c4ccccc4)c3)ccc2-c2c(C3CCCCC3)cccc21. The maximum Gasteiger partial charge on any atom is 0.0503 e. The summed E-state index contributed by atoms with van der Waals surface area (Å²) in [5, 5.41) is 0. The van der Waals surface area contributed by atoms with Gasteiger partial charge in [-0.15, -0.1) is 0 Å². The second kappa shape index (κ2) is 17.7. The van der Waals surface area contributed by atoms with Crippen LogP contribution in [-0.2, 0) is 5.41 Å². The molecule has 2 aliphatic carbocycles. The van der Waals surface area contributed by atoms with Gasteiger partial charge in [0.1, 0.15) is 0 Å². The lowest BCUT2D eigenvalue weighted by Gasteiger charge is -2.33. The molecule has 0 N–H and O–H groups in total. The minimum atomic E-state index is -0.171. The molecule has 0 amide bonds. The number of anilines is 9. The number of nitrogens with zero attached hydrogens (tertiary/aromatic N) is 3. The highest BCUT2D eigenvalue weighted by atomic mass is 15.2. The second-order valence-corrected chi connectivity index (χ2v) is 18.4. The van der Waals surface area contributed by atoms with Crippen LogP contribution in [0.2, 0.25) is 0 Å². The molecule has 0 aromatic heterocycles. The Labute approximate surface area is 390 Å². The highest BCUT2D eigenvalue weighted by molar-refractivity contribution is 5.92. The maximum absolute atomic E-state index is 2.50. The molecule has 0 saturated heterocycles. The third-order valence-electron chi connectivity index (χ3n) is 14.0. The zero-order chi connectivity index (χ0) is 44.5. The quantitative estimate of drug-likeness (QED) is 0.128. The van der Waals surface area contributed by atoms with Gasteiger partial charge in [0.15, 0.2) is 0 Å². The molecule has 11 rings (SSSR count). The highest BCUT2D eigenvalue weighted by Crippen LogP contribution is 2.55. The van der Waals surface area contributed by atoms with Gasteiger partial charge in [0.25, 0.3) is 0 Å². The van der Waals surface area contributed by atoms with Crippen LogP contribution in [0.25, 0.3) is 22.3 Å². The predicted molar refractivity (Wildman–Crippen MR) is 279 cm³/mol. The summed E-state index contributed by atoms with van der Waals surface area (Å²) in [5.74, 6) is 0.616. The van der Waals surface area contributed by atoms with Crippen molar-refractivity contribution in [3.05, 3.63) is 247 Å². The van der Waals surface area contributed by atoms with Crippen molar-refractivity contribution in [2.24, 2.45) is 0 Å². The lowest BCUT2D eigenvalue weighted by Crippen LogP contribution is -2.18. The standard InChI is InChI=1S/C63H55N3/c1-63(2)60-35-21-34-58(48-24-11-4-12-25-48)62(60)59-41-40-54(45-61(59)63)66(53-38-36-47(37-39-53)46-22-9-3-10-23-46)57-43-55(64(49-26-13-5-14-27-49)50-28-15-6-16-29-50)42-56(44-57)65(51-30-17-7-18-31-51)52-32-19-8-20-33-52/h3,5-10,13-23,26-45,48H,4,11-12,24-25H2,1-2H3. The van der Waals surface area contributed by atoms with Crippen molar-refractivity contribution in [3.63, 3.8) is 0 Å². The van der Waals surface area contributed by atoms with Crippen molar-refractivity contribution in [2.45, 2.75) is 57.3 Å². The Bertz CT molecular complexity index is 2890. The van der Waals surface area contributed by atoms with E-state index in [-0.39, 0.29) is 5.41 Å². The molecule has 2 aliphatic rings. The van der Waals surface area contributed by atoms with Gasteiger partial charge in [-0.3, -0.25) is 0 Å². The van der Waals surface area contributed by atoms with Crippen LogP contribution in [0, 0.1) is 0 Å². The number of benzene rings is 9. The molecular formula is C63H55N3. The largest absolute Gasteiger partial charge is 0.310 e. The molecule has 0 radical (unpaired) electrons. The van der Waals surface area contributed by atoms with Crippen molar-refractivity contribution >= 4 is 51.2 Å². The van der Waals surface area contributed by atoms with Gasteiger partial charge in [-0.25, -0.2) is 0 Å². The Hall–Kier alpha value is -7.62. The Morgan fingerprint density at radius 1 is 0.333 bits per heavy atom. The third-order valence-corrected chi connectivity index (χ3v) is 14.0.